The molecule has 1 aliphatic heterocycles. The molecule has 1 aromatic carbocycles. The van der Waals surface area contributed by atoms with Gasteiger partial charge in [-0.05, 0) is 43.2 Å². The number of anilines is 2. The minimum absolute atomic E-state index is 0.184. The predicted molar refractivity (Wildman–Crippen MR) is 104 cm³/mol. The lowest BCUT2D eigenvalue weighted by atomic mass is 10.1. The van der Waals surface area contributed by atoms with Crippen LogP contribution in [0, 0.1) is 13.8 Å². The number of nitrogens with one attached hydrogen (secondary N) is 2. The van der Waals surface area contributed by atoms with E-state index in [9.17, 15) is 9.59 Å². The summed E-state index contributed by atoms with van der Waals surface area (Å²) in [5.41, 5.74) is 2.90. The van der Waals surface area contributed by atoms with Crippen molar-refractivity contribution in [2.24, 2.45) is 0 Å². The van der Waals surface area contributed by atoms with Crippen LogP contribution in [0.15, 0.2) is 36.7 Å². The fraction of sp³-hybridized carbons (Fsp3) is 0.368. The summed E-state index contributed by atoms with van der Waals surface area (Å²) >= 11 is 0. The van der Waals surface area contributed by atoms with Crippen LogP contribution < -0.4 is 15.5 Å². The van der Waals surface area contributed by atoms with Crippen LogP contribution in [0.4, 0.5) is 16.4 Å². The summed E-state index contributed by atoms with van der Waals surface area (Å²) in [4.78, 5) is 36.7. The number of aromatic nitrogens is 2. The summed E-state index contributed by atoms with van der Waals surface area (Å²) in [5.74, 6) is 0.384. The van der Waals surface area contributed by atoms with Gasteiger partial charge in [0.2, 0.25) is 11.9 Å². The average molecular weight is 368 g/mol. The normalized spacial score (nSPS) is 14.7. The Morgan fingerprint density at radius 3 is 2.41 bits per heavy atom. The molecule has 8 heteroatoms. The van der Waals surface area contributed by atoms with Crippen LogP contribution >= 0.6 is 0 Å². The number of benzene rings is 1. The van der Waals surface area contributed by atoms with Crippen molar-refractivity contribution in [3.63, 3.8) is 0 Å². The molecule has 0 unspecified atom stereocenters. The van der Waals surface area contributed by atoms with Crippen molar-refractivity contribution in [3.05, 3.63) is 47.8 Å². The molecule has 0 aliphatic carbocycles. The summed E-state index contributed by atoms with van der Waals surface area (Å²) in [7, 11) is 0. The molecule has 2 heterocycles. The summed E-state index contributed by atoms with van der Waals surface area (Å²) in [6, 6.07) is 6.90. The number of carbonyl (C=O) groups is 2. The van der Waals surface area contributed by atoms with E-state index >= 15 is 0 Å². The zero-order valence-electron chi connectivity index (χ0n) is 15.6. The second kappa shape index (κ2) is 8.59. The monoisotopic (exact) mass is 368 g/mol. The van der Waals surface area contributed by atoms with E-state index in [4.69, 9.17) is 0 Å². The van der Waals surface area contributed by atoms with Crippen LogP contribution in [0.25, 0.3) is 0 Å². The molecule has 1 saturated heterocycles. The number of hydrogen-bond donors (Lipinski definition) is 2. The van der Waals surface area contributed by atoms with Crippen molar-refractivity contribution in [2.45, 2.75) is 13.8 Å². The Balaban J connectivity index is 1.43. The molecule has 1 aliphatic rings. The zero-order chi connectivity index (χ0) is 19.2. The first-order valence-corrected chi connectivity index (χ1v) is 8.93. The molecule has 0 atom stereocenters. The fourth-order valence-corrected chi connectivity index (χ4v) is 2.91. The van der Waals surface area contributed by atoms with Gasteiger partial charge in [-0.2, -0.15) is 0 Å². The van der Waals surface area contributed by atoms with Gasteiger partial charge in [-0.1, -0.05) is 6.07 Å². The van der Waals surface area contributed by atoms with Crippen LogP contribution in [-0.2, 0) is 4.79 Å². The first kappa shape index (κ1) is 18.8. The highest BCUT2D eigenvalue weighted by molar-refractivity contribution is 6.01. The van der Waals surface area contributed by atoms with E-state index in [0.29, 0.717) is 24.7 Å². The number of hydrogen-bond acceptors (Lipinski definition) is 6. The first-order valence-electron chi connectivity index (χ1n) is 8.93. The quantitative estimate of drug-likeness (QED) is 0.851. The third-order valence-corrected chi connectivity index (χ3v) is 4.59. The van der Waals surface area contributed by atoms with Gasteiger partial charge in [0.05, 0.1) is 6.54 Å². The number of piperazine rings is 1. The molecule has 8 nitrogen and oxygen atoms in total. The molecule has 27 heavy (non-hydrogen) atoms. The fourth-order valence-electron chi connectivity index (χ4n) is 2.91. The van der Waals surface area contributed by atoms with Gasteiger partial charge in [0.15, 0.2) is 0 Å². The number of urea groups is 1. The summed E-state index contributed by atoms with van der Waals surface area (Å²) in [6.07, 6.45) is 3.44. The lowest BCUT2D eigenvalue weighted by Crippen LogP contribution is -2.50. The highest BCUT2D eigenvalue weighted by Gasteiger charge is 2.21. The highest BCUT2D eigenvalue weighted by atomic mass is 16.2. The standard InChI is InChI=1S/C19H24N6O2/c1-14-4-5-16(12-15(14)2)22-19(27)23-17(26)13-24-8-10-25(11-9-24)18-20-6-3-7-21-18/h3-7,12H,8-11,13H2,1-2H3,(H2,22,23,26,27). The predicted octanol–water partition coefficient (Wildman–Crippen LogP) is 1.56. The van der Waals surface area contributed by atoms with E-state index in [1.54, 1.807) is 18.5 Å². The molecule has 3 amide bonds. The van der Waals surface area contributed by atoms with Gasteiger partial charge < -0.3 is 10.2 Å². The minimum atomic E-state index is -0.514. The van der Waals surface area contributed by atoms with Crippen molar-refractivity contribution in [2.75, 3.05) is 42.9 Å². The number of aryl methyl sites for hydroxylation is 2. The van der Waals surface area contributed by atoms with Gasteiger partial charge >= 0.3 is 6.03 Å². The number of nitrogens with zero attached hydrogens (tertiary/aromatic N) is 4. The number of carbonyl (C=O) groups excluding carboxylic acids is 2. The minimum Gasteiger partial charge on any atom is -0.338 e. The van der Waals surface area contributed by atoms with Crippen LogP contribution in [0.2, 0.25) is 0 Å². The van der Waals surface area contributed by atoms with E-state index in [-0.39, 0.29) is 12.5 Å². The molecule has 0 spiro atoms. The van der Waals surface area contributed by atoms with E-state index < -0.39 is 6.03 Å². The molecule has 0 bridgehead atoms. The largest absolute Gasteiger partial charge is 0.338 e. The highest BCUT2D eigenvalue weighted by Crippen LogP contribution is 2.14. The van der Waals surface area contributed by atoms with Crippen molar-refractivity contribution >= 4 is 23.6 Å². The molecule has 1 aromatic heterocycles. The lowest BCUT2D eigenvalue weighted by molar-refractivity contribution is -0.121. The molecular weight excluding hydrogens is 344 g/mol. The van der Waals surface area contributed by atoms with Gasteiger partial charge in [-0.25, -0.2) is 14.8 Å². The molecule has 142 valence electrons. The van der Waals surface area contributed by atoms with Crippen LogP contribution in [0.1, 0.15) is 11.1 Å². The van der Waals surface area contributed by atoms with Gasteiger partial charge in [-0.15, -0.1) is 0 Å². The van der Waals surface area contributed by atoms with Crippen LogP contribution in [0.5, 0.6) is 0 Å². The smallest absolute Gasteiger partial charge is 0.325 e. The molecule has 0 saturated carbocycles. The van der Waals surface area contributed by atoms with Gasteiger partial charge in [-0.3, -0.25) is 15.0 Å². The van der Waals surface area contributed by atoms with Gasteiger partial charge in [0.1, 0.15) is 0 Å². The molecule has 3 rings (SSSR count). The zero-order valence-corrected chi connectivity index (χ0v) is 15.6. The maximum absolute atomic E-state index is 12.1. The van der Waals surface area contributed by atoms with Crippen LogP contribution in [-0.4, -0.2) is 59.5 Å². The van der Waals surface area contributed by atoms with Crippen molar-refractivity contribution < 1.29 is 9.59 Å². The maximum atomic E-state index is 12.1. The lowest BCUT2D eigenvalue weighted by Gasteiger charge is -2.34. The number of imide groups is 1. The van der Waals surface area contributed by atoms with E-state index in [0.717, 1.165) is 24.2 Å². The summed E-state index contributed by atoms with van der Waals surface area (Å²) in [5, 5.41) is 5.08. The SMILES string of the molecule is Cc1ccc(NC(=O)NC(=O)CN2CCN(c3ncccn3)CC2)cc1C. The Kier molecular flexibility index (Phi) is 5.97. The van der Waals surface area contributed by atoms with Crippen LogP contribution in [0.3, 0.4) is 0 Å². The van der Waals surface area contributed by atoms with Crippen molar-refractivity contribution in [1.82, 2.24) is 20.2 Å². The topological polar surface area (TPSA) is 90.5 Å². The van der Waals surface area contributed by atoms with E-state index in [1.165, 1.54) is 0 Å². The van der Waals surface area contributed by atoms with Gasteiger partial charge in [0, 0.05) is 44.3 Å². The van der Waals surface area contributed by atoms with Crippen molar-refractivity contribution in [3.8, 4) is 0 Å². The van der Waals surface area contributed by atoms with E-state index in [2.05, 4.69) is 25.5 Å². The molecule has 1 fully saturated rings. The number of rotatable bonds is 4. The first-order chi connectivity index (χ1) is 13.0. The van der Waals surface area contributed by atoms with Gasteiger partial charge in [0.25, 0.3) is 0 Å². The Morgan fingerprint density at radius 1 is 1.04 bits per heavy atom. The third kappa shape index (κ3) is 5.24. The Morgan fingerprint density at radius 2 is 1.74 bits per heavy atom. The summed E-state index contributed by atoms with van der Waals surface area (Å²) in [6.45, 7) is 7.08. The van der Waals surface area contributed by atoms with E-state index in [1.807, 2.05) is 36.9 Å². The number of amides is 3. The third-order valence-electron chi connectivity index (χ3n) is 4.59. The molecule has 2 N–H and O–H groups in total. The Hall–Kier alpha value is -3.00. The second-order valence-electron chi connectivity index (χ2n) is 6.61. The molecular formula is C19H24N6O2. The Labute approximate surface area is 158 Å². The molecule has 2 aromatic rings. The second-order valence-corrected chi connectivity index (χ2v) is 6.61. The Bertz CT molecular complexity index is 803. The van der Waals surface area contributed by atoms with Crippen molar-refractivity contribution in [1.29, 1.82) is 0 Å². The molecule has 0 radical (unpaired) electrons. The summed E-state index contributed by atoms with van der Waals surface area (Å²) < 4.78 is 0. The average Bonchev–Trinajstić information content (AvgIpc) is 2.66. The maximum Gasteiger partial charge on any atom is 0.325 e.